The second kappa shape index (κ2) is 5.86. The first-order valence-electron chi connectivity index (χ1n) is 6.51. The van der Waals surface area contributed by atoms with Gasteiger partial charge in [0, 0.05) is 12.3 Å². The van der Waals surface area contributed by atoms with Crippen LogP contribution in [-0.2, 0) is 9.78 Å². The summed E-state index contributed by atoms with van der Waals surface area (Å²) in [7, 11) is 0. The molecule has 0 aromatic rings. The van der Waals surface area contributed by atoms with Crippen molar-refractivity contribution in [2.75, 3.05) is 0 Å². The minimum atomic E-state index is -0.223. The SMILES string of the molecule is CCCCC(CC)CCC1(C(C)C)OO1. The predicted molar refractivity (Wildman–Crippen MR) is 62.3 cm³/mol. The molecule has 15 heavy (non-hydrogen) atoms. The number of unbranched alkanes of at least 4 members (excludes halogenated alkanes) is 1. The summed E-state index contributed by atoms with van der Waals surface area (Å²) in [6, 6.07) is 0. The van der Waals surface area contributed by atoms with Gasteiger partial charge in [0.1, 0.15) is 0 Å². The maximum atomic E-state index is 5.16. The van der Waals surface area contributed by atoms with E-state index in [4.69, 9.17) is 9.78 Å². The lowest BCUT2D eigenvalue weighted by Gasteiger charge is -2.17. The molecule has 1 saturated heterocycles. The highest BCUT2D eigenvalue weighted by molar-refractivity contribution is 4.79. The zero-order valence-corrected chi connectivity index (χ0v) is 10.7. The van der Waals surface area contributed by atoms with Crippen molar-refractivity contribution in [3.05, 3.63) is 0 Å². The number of hydrogen-bond donors (Lipinski definition) is 0. The van der Waals surface area contributed by atoms with E-state index in [9.17, 15) is 0 Å². The van der Waals surface area contributed by atoms with Crippen LogP contribution in [0.25, 0.3) is 0 Å². The summed E-state index contributed by atoms with van der Waals surface area (Å²) in [5.74, 6) is 1.11. The Hall–Kier alpha value is -0.0800. The summed E-state index contributed by atoms with van der Waals surface area (Å²) in [4.78, 5) is 10.3. The Kier molecular flexibility index (Phi) is 5.07. The Morgan fingerprint density at radius 2 is 1.73 bits per heavy atom. The standard InChI is InChI=1S/C13H26O2/c1-5-7-8-12(6-2)9-10-13(11(3)4)14-15-13/h11-12H,5-10H2,1-4H3. The number of rotatable bonds is 8. The van der Waals surface area contributed by atoms with Gasteiger partial charge >= 0.3 is 0 Å². The van der Waals surface area contributed by atoms with Crippen LogP contribution in [0.15, 0.2) is 0 Å². The molecule has 1 aliphatic heterocycles. The Morgan fingerprint density at radius 1 is 1.07 bits per heavy atom. The molecule has 1 unspecified atom stereocenters. The molecular formula is C13H26O2. The molecule has 0 aromatic carbocycles. The van der Waals surface area contributed by atoms with E-state index in [2.05, 4.69) is 27.7 Å². The summed E-state index contributed by atoms with van der Waals surface area (Å²) >= 11 is 0. The average Bonchev–Trinajstić information content (AvgIpc) is 2.99. The largest absolute Gasteiger partial charge is 0.236 e. The van der Waals surface area contributed by atoms with Gasteiger partial charge in [-0.15, -0.1) is 0 Å². The van der Waals surface area contributed by atoms with Crippen LogP contribution in [0.4, 0.5) is 0 Å². The first-order chi connectivity index (χ1) is 7.14. The van der Waals surface area contributed by atoms with Gasteiger partial charge in [0.15, 0.2) is 0 Å². The first kappa shape index (κ1) is 13.0. The molecule has 0 N–H and O–H groups in total. The highest BCUT2D eigenvalue weighted by atomic mass is 17.4. The fourth-order valence-electron chi connectivity index (χ4n) is 2.07. The molecule has 0 radical (unpaired) electrons. The normalized spacial score (nSPS) is 20.6. The summed E-state index contributed by atoms with van der Waals surface area (Å²) < 4.78 is 0. The molecule has 1 fully saturated rings. The molecule has 0 spiro atoms. The van der Waals surface area contributed by atoms with Crippen molar-refractivity contribution in [3.63, 3.8) is 0 Å². The minimum absolute atomic E-state index is 0.223. The van der Waals surface area contributed by atoms with E-state index >= 15 is 0 Å². The summed E-state index contributed by atoms with van der Waals surface area (Å²) in [5.41, 5.74) is 0. The van der Waals surface area contributed by atoms with Crippen molar-refractivity contribution in [1.29, 1.82) is 0 Å². The average molecular weight is 214 g/mol. The quantitative estimate of drug-likeness (QED) is 0.444. The smallest absolute Gasteiger partial charge is 0.195 e. The van der Waals surface area contributed by atoms with E-state index in [1.165, 1.54) is 32.1 Å². The predicted octanol–water partition coefficient (Wildman–Crippen LogP) is 4.30. The first-order valence-corrected chi connectivity index (χ1v) is 6.51. The van der Waals surface area contributed by atoms with Gasteiger partial charge in [0.2, 0.25) is 5.79 Å². The van der Waals surface area contributed by atoms with E-state index in [0.29, 0.717) is 5.92 Å². The van der Waals surface area contributed by atoms with Gasteiger partial charge < -0.3 is 0 Å². The van der Waals surface area contributed by atoms with E-state index < -0.39 is 0 Å². The molecule has 0 aliphatic carbocycles. The molecule has 0 aromatic heterocycles. The lowest BCUT2D eigenvalue weighted by Crippen LogP contribution is -2.20. The topological polar surface area (TPSA) is 25.1 Å². The monoisotopic (exact) mass is 214 g/mol. The fourth-order valence-corrected chi connectivity index (χ4v) is 2.07. The molecule has 2 nitrogen and oxygen atoms in total. The Morgan fingerprint density at radius 3 is 2.13 bits per heavy atom. The van der Waals surface area contributed by atoms with Crippen LogP contribution in [0.5, 0.6) is 0 Å². The van der Waals surface area contributed by atoms with Crippen LogP contribution in [0.2, 0.25) is 0 Å². The molecule has 0 saturated carbocycles. The maximum absolute atomic E-state index is 5.16. The van der Waals surface area contributed by atoms with Gasteiger partial charge in [0.25, 0.3) is 0 Å². The van der Waals surface area contributed by atoms with E-state index in [0.717, 1.165) is 12.3 Å². The highest BCUT2D eigenvalue weighted by Gasteiger charge is 2.51. The molecule has 1 rings (SSSR count). The van der Waals surface area contributed by atoms with Crippen LogP contribution in [0, 0.1) is 11.8 Å². The van der Waals surface area contributed by atoms with Gasteiger partial charge in [-0.05, 0) is 12.3 Å². The molecule has 1 aliphatic rings. The zero-order valence-electron chi connectivity index (χ0n) is 10.7. The molecule has 90 valence electrons. The van der Waals surface area contributed by atoms with Crippen LogP contribution >= 0.6 is 0 Å². The van der Waals surface area contributed by atoms with E-state index in [-0.39, 0.29) is 5.79 Å². The van der Waals surface area contributed by atoms with Crippen molar-refractivity contribution in [3.8, 4) is 0 Å². The van der Waals surface area contributed by atoms with Gasteiger partial charge in [-0.1, -0.05) is 53.4 Å². The van der Waals surface area contributed by atoms with Crippen molar-refractivity contribution < 1.29 is 9.78 Å². The lowest BCUT2D eigenvalue weighted by atomic mass is 9.89. The summed E-state index contributed by atoms with van der Waals surface area (Å²) in [6.07, 6.45) is 7.62. The highest BCUT2D eigenvalue weighted by Crippen LogP contribution is 2.42. The van der Waals surface area contributed by atoms with Crippen molar-refractivity contribution in [2.45, 2.75) is 72.0 Å². The van der Waals surface area contributed by atoms with Crippen LogP contribution in [-0.4, -0.2) is 5.79 Å². The lowest BCUT2D eigenvalue weighted by molar-refractivity contribution is 0.0850. The summed E-state index contributed by atoms with van der Waals surface area (Å²) in [6.45, 7) is 8.88. The molecular weight excluding hydrogens is 188 g/mol. The maximum Gasteiger partial charge on any atom is 0.236 e. The van der Waals surface area contributed by atoms with E-state index in [1.54, 1.807) is 0 Å². The van der Waals surface area contributed by atoms with Crippen molar-refractivity contribution in [2.24, 2.45) is 11.8 Å². The molecule has 0 amide bonds. The summed E-state index contributed by atoms with van der Waals surface area (Å²) in [5, 5.41) is 0. The third-order valence-electron chi connectivity index (χ3n) is 3.62. The minimum Gasteiger partial charge on any atom is -0.195 e. The third kappa shape index (κ3) is 3.76. The molecule has 1 atom stereocenters. The van der Waals surface area contributed by atoms with E-state index in [1.807, 2.05) is 0 Å². The van der Waals surface area contributed by atoms with Crippen LogP contribution in [0.3, 0.4) is 0 Å². The Labute approximate surface area is 94.3 Å². The van der Waals surface area contributed by atoms with Crippen molar-refractivity contribution in [1.82, 2.24) is 0 Å². The molecule has 0 bridgehead atoms. The van der Waals surface area contributed by atoms with Gasteiger partial charge in [0.05, 0.1) is 0 Å². The second-order valence-electron chi connectivity index (χ2n) is 5.09. The molecule has 2 heteroatoms. The van der Waals surface area contributed by atoms with Gasteiger partial charge in [-0.3, -0.25) is 0 Å². The van der Waals surface area contributed by atoms with Gasteiger partial charge in [-0.2, -0.15) is 9.78 Å². The Balaban J connectivity index is 2.22. The second-order valence-corrected chi connectivity index (χ2v) is 5.09. The Bertz CT molecular complexity index is 173. The van der Waals surface area contributed by atoms with Gasteiger partial charge in [-0.25, -0.2) is 0 Å². The zero-order chi connectivity index (χ0) is 11.3. The number of hydrogen-bond acceptors (Lipinski definition) is 2. The molecule has 1 heterocycles. The van der Waals surface area contributed by atoms with Crippen molar-refractivity contribution >= 4 is 0 Å². The third-order valence-corrected chi connectivity index (χ3v) is 3.62. The van der Waals surface area contributed by atoms with Crippen LogP contribution in [0.1, 0.15) is 66.2 Å². The van der Waals surface area contributed by atoms with Crippen LogP contribution < -0.4 is 0 Å². The fraction of sp³-hybridized carbons (Fsp3) is 1.00.